The molecule has 0 saturated carbocycles. The molecule has 0 radical (unpaired) electrons. The van der Waals surface area contributed by atoms with Gasteiger partial charge in [0.25, 0.3) is 5.91 Å². The van der Waals surface area contributed by atoms with Crippen molar-refractivity contribution in [3.8, 4) is 0 Å². The van der Waals surface area contributed by atoms with Gasteiger partial charge in [-0.25, -0.2) is 4.98 Å². The second kappa shape index (κ2) is 5.54. The maximum Gasteiger partial charge on any atom is 0.271 e. The third kappa shape index (κ3) is 3.10. The van der Waals surface area contributed by atoms with E-state index in [0.717, 1.165) is 5.69 Å². The van der Waals surface area contributed by atoms with Crippen LogP contribution in [0.5, 0.6) is 0 Å². The number of carbonyl (C=O) groups is 1. The standard InChI is InChI=1S/C12H10BrN3O/c13-10-5-3-7-15-11(10)12(17)16-8-9-4-1-2-6-14-9/h1-7H,8H2,(H,16,17). The van der Waals surface area contributed by atoms with Crippen LogP contribution in [0.15, 0.2) is 47.2 Å². The van der Waals surface area contributed by atoms with Crippen LogP contribution in [0.1, 0.15) is 16.2 Å². The Morgan fingerprint density at radius 1 is 1.18 bits per heavy atom. The van der Waals surface area contributed by atoms with Crippen molar-refractivity contribution < 1.29 is 4.79 Å². The van der Waals surface area contributed by atoms with Crippen molar-refractivity contribution in [1.29, 1.82) is 0 Å². The topological polar surface area (TPSA) is 54.9 Å². The molecule has 0 atom stereocenters. The zero-order valence-corrected chi connectivity index (χ0v) is 10.5. The van der Waals surface area contributed by atoms with Gasteiger partial charge in [-0.3, -0.25) is 9.78 Å². The summed E-state index contributed by atoms with van der Waals surface area (Å²) in [7, 11) is 0. The monoisotopic (exact) mass is 291 g/mol. The molecule has 0 aromatic carbocycles. The molecule has 4 nitrogen and oxygen atoms in total. The molecular formula is C12H10BrN3O. The van der Waals surface area contributed by atoms with E-state index in [1.807, 2.05) is 18.2 Å². The lowest BCUT2D eigenvalue weighted by atomic mass is 10.3. The van der Waals surface area contributed by atoms with Crippen LogP contribution in [-0.4, -0.2) is 15.9 Å². The molecule has 1 N–H and O–H groups in total. The summed E-state index contributed by atoms with van der Waals surface area (Å²) >= 11 is 3.28. The molecule has 0 aliphatic rings. The first-order valence-corrected chi connectivity index (χ1v) is 5.85. The number of nitrogens with zero attached hydrogens (tertiary/aromatic N) is 2. The first kappa shape index (κ1) is 11.7. The molecule has 0 saturated heterocycles. The molecule has 86 valence electrons. The van der Waals surface area contributed by atoms with Crippen LogP contribution in [0, 0.1) is 0 Å². The van der Waals surface area contributed by atoms with Crippen LogP contribution in [0.25, 0.3) is 0 Å². The first-order valence-electron chi connectivity index (χ1n) is 5.06. The van der Waals surface area contributed by atoms with Crippen molar-refractivity contribution in [1.82, 2.24) is 15.3 Å². The maximum absolute atomic E-state index is 11.8. The number of pyridine rings is 2. The molecular weight excluding hydrogens is 282 g/mol. The number of carbonyl (C=O) groups excluding carboxylic acids is 1. The Morgan fingerprint density at radius 3 is 2.71 bits per heavy atom. The minimum absolute atomic E-state index is 0.219. The highest BCUT2D eigenvalue weighted by atomic mass is 79.9. The summed E-state index contributed by atoms with van der Waals surface area (Å²) < 4.78 is 0.679. The Bertz CT molecular complexity index is 516. The lowest BCUT2D eigenvalue weighted by Crippen LogP contribution is -2.24. The van der Waals surface area contributed by atoms with Crippen molar-refractivity contribution in [2.75, 3.05) is 0 Å². The highest BCUT2D eigenvalue weighted by Crippen LogP contribution is 2.12. The van der Waals surface area contributed by atoms with E-state index in [1.54, 1.807) is 24.5 Å². The molecule has 2 aromatic heterocycles. The zero-order chi connectivity index (χ0) is 12.1. The highest BCUT2D eigenvalue weighted by Gasteiger charge is 2.10. The van der Waals surface area contributed by atoms with E-state index in [1.165, 1.54) is 0 Å². The van der Waals surface area contributed by atoms with E-state index in [4.69, 9.17) is 0 Å². The lowest BCUT2D eigenvalue weighted by molar-refractivity contribution is 0.0944. The zero-order valence-electron chi connectivity index (χ0n) is 8.93. The van der Waals surface area contributed by atoms with Crippen LogP contribution >= 0.6 is 15.9 Å². The van der Waals surface area contributed by atoms with Gasteiger partial charge in [0, 0.05) is 16.9 Å². The Morgan fingerprint density at radius 2 is 2.00 bits per heavy atom. The van der Waals surface area contributed by atoms with Gasteiger partial charge in [0.15, 0.2) is 0 Å². The number of amides is 1. The first-order chi connectivity index (χ1) is 8.27. The Balaban J connectivity index is 2.01. The number of nitrogens with one attached hydrogen (secondary N) is 1. The minimum atomic E-state index is -0.219. The van der Waals surface area contributed by atoms with E-state index in [0.29, 0.717) is 16.7 Å². The minimum Gasteiger partial charge on any atom is -0.345 e. The molecule has 1 amide bonds. The highest BCUT2D eigenvalue weighted by molar-refractivity contribution is 9.10. The van der Waals surface area contributed by atoms with Crippen molar-refractivity contribution in [3.63, 3.8) is 0 Å². The summed E-state index contributed by atoms with van der Waals surface area (Å²) in [6, 6.07) is 9.11. The van der Waals surface area contributed by atoms with Gasteiger partial charge in [-0.2, -0.15) is 0 Å². The molecule has 2 heterocycles. The lowest BCUT2D eigenvalue weighted by Gasteiger charge is -2.05. The molecule has 0 spiro atoms. The normalized spacial score (nSPS) is 9.94. The van der Waals surface area contributed by atoms with Crippen LogP contribution in [0.2, 0.25) is 0 Å². The van der Waals surface area contributed by atoms with Crippen molar-refractivity contribution in [3.05, 3.63) is 58.6 Å². The molecule has 0 bridgehead atoms. The molecule has 2 aromatic rings. The third-order valence-electron chi connectivity index (χ3n) is 2.13. The largest absolute Gasteiger partial charge is 0.345 e. The average molecular weight is 292 g/mol. The molecule has 0 unspecified atom stereocenters. The smallest absolute Gasteiger partial charge is 0.271 e. The van der Waals surface area contributed by atoms with Gasteiger partial charge in [-0.1, -0.05) is 6.07 Å². The Labute approximate surface area is 107 Å². The number of hydrogen-bond donors (Lipinski definition) is 1. The quantitative estimate of drug-likeness (QED) is 0.943. The SMILES string of the molecule is O=C(NCc1ccccn1)c1ncccc1Br. The van der Waals surface area contributed by atoms with Gasteiger partial charge in [0.05, 0.1) is 12.2 Å². The van der Waals surface area contributed by atoms with Gasteiger partial charge in [0.1, 0.15) is 5.69 Å². The summed E-state index contributed by atoms with van der Waals surface area (Å²) in [6.07, 6.45) is 3.28. The summed E-state index contributed by atoms with van der Waals surface area (Å²) in [4.78, 5) is 19.9. The van der Waals surface area contributed by atoms with Crippen molar-refractivity contribution in [2.45, 2.75) is 6.54 Å². The third-order valence-corrected chi connectivity index (χ3v) is 2.77. The summed E-state index contributed by atoms with van der Waals surface area (Å²) in [5.41, 5.74) is 1.19. The average Bonchev–Trinajstić information content (AvgIpc) is 2.38. The van der Waals surface area contributed by atoms with Crippen molar-refractivity contribution >= 4 is 21.8 Å². The predicted molar refractivity (Wildman–Crippen MR) is 67.3 cm³/mol. The van der Waals surface area contributed by atoms with E-state index in [-0.39, 0.29) is 5.91 Å². The fraction of sp³-hybridized carbons (Fsp3) is 0.0833. The molecule has 0 fully saturated rings. The maximum atomic E-state index is 11.8. The number of aromatic nitrogens is 2. The summed E-state index contributed by atoms with van der Waals surface area (Å²) in [5, 5.41) is 2.76. The molecule has 2 rings (SSSR count). The van der Waals surface area contributed by atoms with Crippen LogP contribution < -0.4 is 5.32 Å². The second-order valence-electron chi connectivity index (χ2n) is 3.34. The molecule has 17 heavy (non-hydrogen) atoms. The van der Waals surface area contributed by atoms with E-state index < -0.39 is 0 Å². The predicted octanol–water partition coefficient (Wildman–Crippen LogP) is 2.17. The number of halogens is 1. The van der Waals surface area contributed by atoms with Gasteiger partial charge in [-0.05, 0) is 40.2 Å². The molecule has 5 heteroatoms. The Kier molecular flexibility index (Phi) is 3.82. The summed E-state index contributed by atoms with van der Waals surface area (Å²) in [5.74, 6) is -0.219. The molecule has 0 aliphatic carbocycles. The van der Waals surface area contributed by atoms with E-state index in [2.05, 4.69) is 31.2 Å². The van der Waals surface area contributed by atoms with Crippen LogP contribution in [0.3, 0.4) is 0 Å². The van der Waals surface area contributed by atoms with Crippen LogP contribution in [0.4, 0.5) is 0 Å². The fourth-order valence-corrected chi connectivity index (χ4v) is 1.75. The van der Waals surface area contributed by atoms with Gasteiger partial charge < -0.3 is 5.32 Å². The van der Waals surface area contributed by atoms with Gasteiger partial charge >= 0.3 is 0 Å². The number of hydrogen-bond acceptors (Lipinski definition) is 3. The van der Waals surface area contributed by atoms with E-state index >= 15 is 0 Å². The Hall–Kier alpha value is -1.75. The molecule has 0 aliphatic heterocycles. The van der Waals surface area contributed by atoms with E-state index in [9.17, 15) is 4.79 Å². The second-order valence-corrected chi connectivity index (χ2v) is 4.19. The number of rotatable bonds is 3. The van der Waals surface area contributed by atoms with Gasteiger partial charge in [0.2, 0.25) is 0 Å². The van der Waals surface area contributed by atoms with Crippen molar-refractivity contribution in [2.24, 2.45) is 0 Å². The van der Waals surface area contributed by atoms with Crippen LogP contribution in [-0.2, 0) is 6.54 Å². The summed E-state index contributed by atoms with van der Waals surface area (Å²) in [6.45, 7) is 0.392. The van der Waals surface area contributed by atoms with Gasteiger partial charge in [-0.15, -0.1) is 0 Å². The fourth-order valence-electron chi connectivity index (χ4n) is 1.31.